The minimum Gasteiger partial charge on any atom is -0.342 e. The van der Waals surface area contributed by atoms with Gasteiger partial charge in [0.1, 0.15) is 0 Å². The van der Waals surface area contributed by atoms with E-state index in [0.717, 1.165) is 18.5 Å². The van der Waals surface area contributed by atoms with Gasteiger partial charge in [0.2, 0.25) is 5.91 Å². The van der Waals surface area contributed by atoms with Crippen LogP contribution in [0.1, 0.15) is 12.0 Å². The Kier molecular flexibility index (Phi) is 6.39. The molecular weight excluding hydrogens is 258 g/mol. The van der Waals surface area contributed by atoms with Gasteiger partial charge in [0, 0.05) is 31.8 Å². The lowest BCUT2D eigenvalue weighted by Crippen LogP contribution is -2.27. The molecule has 0 aliphatic carbocycles. The molecule has 20 heavy (non-hydrogen) atoms. The summed E-state index contributed by atoms with van der Waals surface area (Å²) >= 11 is 0. The van der Waals surface area contributed by atoms with Crippen molar-refractivity contribution in [2.75, 3.05) is 27.2 Å². The first-order valence-corrected chi connectivity index (χ1v) is 6.37. The normalized spacial score (nSPS) is 10.7. The number of rotatable bonds is 7. The average Bonchev–Trinajstić information content (AvgIpc) is 2.45. The van der Waals surface area contributed by atoms with Gasteiger partial charge in [-0.15, -0.1) is 0 Å². The minimum absolute atomic E-state index is 0.0395. The SMILES string of the molecule is CNCCCN(C)C(=O)/C=C/c1ccc([N+](=O)[O-])cc1. The van der Waals surface area contributed by atoms with Crippen molar-refractivity contribution < 1.29 is 9.72 Å². The van der Waals surface area contributed by atoms with Crippen LogP contribution < -0.4 is 5.32 Å². The van der Waals surface area contributed by atoms with Gasteiger partial charge in [0.15, 0.2) is 0 Å². The third-order valence-corrected chi connectivity index (χ3v) is 2.82. The zero-order valence-corrected chi connectivity index (χ0v) is 11.7. The van der Waals surface area contributed by atoms with Crippen LogP contribution in [0.25, 0.3) is 6.08 Å². The Balaban J connectivity index is 2.54. The first-order valence-electron chi connectivity index (χ1n) is 6.37. The number of non-ortho nitro benzene ring substituents is 1. The number of amides is 1. The van der Waals surface area contributed by atoms with Crippen LogP contribution in [0.4, 0.5) is 5.69 Å². The summed E-state index contributed by atoms with van der Waals surface area (Å²) in [6, 6.07) is 6.06. The summed E-state index contributed by atoms with van der Waals surface area (Å²) in [6.07, 6.45) is 4.02. The van der Waals surface area contributed by atoms with Gasteiger partial charge in [-0.25, -0.2) is 0 Å². The zero-order chi connectivity index (χ0) is 15.0. The smallest absolute Gasteiger partial charge is 0.269 e. The highest BCUT2D eigenvalue weighted by atomic mass is 16.6. The molecular formula is C14H19N3O3. The number of nitro benzene ring substituents is 1. The second-order valence-corrected chi connectivity index (χ2v) is 4.40. The number of benzene rings is 1. The van der Waals surface area contributed by atoms with Crippen LogP contribution in [0.15, 0.2) is 30.3 Å². The standard InChI is InChI=1S/C14H19N3O3/c1-15-10-3-11-16(2)14(18)9-6-12-4-7-13(8-5-12)17(19)20/h4-9,15H,3,10-11H2,1-2H3/b9-6+. The summed E-state index contributed by atoms with van der Waals surface area (Å²) < 4.78 is 0. The Morgan fingerprint density at radius 2 is 2.05 bits per heavy atom. The maximum Gasteiger partial charge on any atom is 0.269 e. The van der Waals surface area contributed by atoms with Crippen LogP contribution >= 0.6 is 0 Å². The fourth-order valence-electron chi connectivity index (χ4n) is 1.61. The largest absolute Gasteiger partial charge is 0.342 e. The first-order chi connectivity index (χ1) is 9.54. The summed E-state index contributed by atoms with van der Waals surface area (Å²) in [5, 5.41) is 13.5. The molecule has 6 nitrogen and oxygen atoms in total. The average molecular weight is 277 g/mol. The Morgan fingerprint density at radius 1 is 1.40 bits per heavy atom. The number of hydrogen-bond donors (Lipinski definition) is 1. The monoisotopic (exact) mass is 277 g/mol. The lowest BCUT2D eigenvalue weighted by molar-refractivity contribution is -0.384. The minimum atomic E-state index is -0.450. The van der Waals surface area contributed by atoms with Crippen molar-refractivity contribution in [3.63, 3.8) is 0 Å². The van der Waals surface area contributed by atoms with Crippen LogP contribution in [-0.4, -0.2) is 42.9 Å². The van der Waals surface area contributed by atoms with E-state index >= 15 is 0 Å². The van der Waals surface area contributed by atoms with Crippen molar-refractivity contribution in [2.24, 2.45) is 0 Å². The summed E-state index contributed by atoms with van der Waals surface area (Å²) in [5.41, 5.74) is 0.797. The van der Waals surface area contributed by atoms with E-state index in [4.69, 9.17) is 0 Å². The molecule has 1 rings (SSSR count). The third-order valence-electron chi connectivity index (χ3n) is 2.82. The molecule has 1 N–H and O–H groups in total. The number of nitrogens with one attached hydrogen (secondary N) is 1. The van der Waals surface area contributed by atoms with Crippen LogP contribution in [0.2, 0.25) is 0 Å². The molecule has 0 saturated heterocycles. The molecule has 0 aliphatic rings. The van der Waals surface area contributed by atoms with Gasteiger partial charge in [-0.1, -0.05) is 0 Å². The maximum atomic E-state index is 11.8. The molecule has 0 radical (unpaired) electrons. The van der Waals surface area contributed by atoms with Crippen molar-refractivity contribution >= 4 is 17.7 Å². The fourth-order valence-corrected chi connectivity index (χ4v) is 1.61. The van der Waals surface area contributed by atoms with Crippen LogP contribution in [0.3, 0.4) is 0 Å². The van der Waals surface area contributed by atoms with Gasteiger partial charge in [0.25, 0.3) is 5.69 Å². The van der Waals surface area contributed by atoms with Crippen molar-refractivity contribution in [2.45, 2.75) is 6.42 Å². The van der Waals surface area contributed by atoms with E-state index in [2.05, 4.69) is 5.32 Å². The predicted octanol–water partition coefficient (Wildman–Crippen LogP) is 1.68. The van der Waals surface area contributed by atoms with Gasteiger partial charge < -0.3 is 10.2 Å². The van der Waals surface area contributed by atoms with Gasteiger partial charge >= 0.3 is 0 Å². The lowest BCUT2D eigenvalue weighted by atomic mass is 10.2. The molecule has 0 aliphatic heterocycles. The van der Waals surface area contributed by atoms with Gasteiger partial charge in [0.05, 0.1) is 4.92 Å². The number of carbonyl (C=O) groups is 1. The third kappa shape index (κ3) is 5.19. The van der Waals surface area contributed by atoms with Crippen LogP contribution in [-0.2, 0) is 4.79 Å². The van der Waals surface area contributed by atoms with E-state index in [1.807, 2.05) is 7.05 Å². The van der Waals surface area contributed by atoms with Crippen molar-refractivity contribution in [1.29, 1.82) is 0 Å². The van der Waals surface area contributed by atoms with Crippen molar-refractivity contribution in [3.8, 4) is 0 Å². The van der Waals surface area contributed by atoms with Gasteiger partial charge in [-0.2, -0.15) is 0 Å². The van der Waals surface area contributed by atoms with Crippen molar-refractivity contribution in [3.05, 3.63) is 46.0 Å². The number of nitrogens with zero attached hydrogens (tertiary/aromatic N) is 2. The quantitative estimate of drug-likeness (QED) is 0.356. The van der Waals surface area contributed by atoms with E-state index in [0.29, 0.717) is 6.54 Å². The van der Waals surface area contributed by atoms with E-state index in [-0.39, 0.29) is 11.6 Å². The number of hydrogen-bond acceptors (Lipinski definition) is 4. The van der Waals surface area contributed by atoms with Crippen LogP contribution in [0.5, 0.6) is 0 Å². The molecule has 0 fully saturated rings. The molecule has 0 bridgehead atoms. The number of nitro groups is 1. The highest BCUT2D eigenvalue weighted by Crippen LogP contribution is 2.12. The number of carbonyl (C=O) groups excluding carboxylic acids is 1. The molecule has 0 saturated carbocycles. The molecule has 1 aromatic rings. The Bertz CT molecular complexity index is 483. The van der Waals surface area contributed by atoms with Gasteiger partial charge in [-0.05, 0) is 43.8 Å². The maximum absolute atomic E-state index is 11.8. The molecule has 108 valence electrons. The fraction of sp³-hybridized carbons (Fsp3) is 0.357. The Labute approximate surface area is 118 Å². The molecule has 1 amide bonds. The second-order valence-electron chi connectivity index (χ2n) is 4.40. The summed E-state index contributed by atoms with van der Waals surface area (Å²) in [5.74, 6) is -0.0838. The highest BCUT2D eigenvalue weighted by molar-refractivity contribution is 5.91. The Hall–Kier alpha value is -2.21. The molecule has 0 spiro atoms. The van der Waals surface area contributed by atoms with E-state index in [1.165, 1.54) is 18.2 Å². The summed E-state index contributed by atoms with van der Waals surface area (Å²) in [4.78, 5) is 23.5. The molecule has 0 heterocycles. The van der Waals surface area contributed by atoms with Gasteiger partial charge in [-0.3, -0.25) is 14.9 Å². The predicted molar refractivity (Wildman–Crippen MR) is 78.3 cm³/mol. The lowest BCUT2D eigenvalue weighted by Gasteiger charge is -2.14. The topological polar surface area (TPSA) is 75.5 Å². The Morgan fingerprint density at radius 3 is 2.60 bits per heavy atom. The zero-order valence-electron chi connectivity index (χ0n) is 11.7. The van der Waals surface area contributed by atoms with Crippen molar-refractivity contribution in [1.82, 2.24) is 10.2 Å². The molecule has 0 aromatic heterocycles. The number of likely N-dealkylation sites (N-methyl/N-ethyl adjacent to an activating group) is 1. The van der Waals surface area contributed by atoms with E-state index in [9.17, 15) is 14.9 Å². The highest BCUT2D eigenvalue weighted by Gasteiger charge is 2.05. The van der Waals surface area contributed by atoms with E-state index in [1.54, 1.807) is 30.2 Å². The second kappa shape index (κ2) is 8.06. The first kappa shape index (κ1) is 15.8. The molecule has 6 heteroatoms. The molecule has 0 atom stereocenters. The molecule has 0 unspecified atom stereocenters. The molecule has 1 aromatic carbocycles. The summed E-state index contributed by atoms with van der Waals surface area (Å²) in [6.45, 7) is 1.55. The van der Waals surface area contributed by atoms with E-state index < -0.39 is 4.92 Å². The summed E-state index contributed by atoms with van der Waals surface area (Å²) in [7, 11) is 3.62. The van der Waals surface area contributed by atoms with Crippen LogP contribution in [0, 0.1) is 10.1 Å².